The summed E-state index contributed by atoms with van der Waals surface area (Å²) in [6.45, 7) is 0. The molecular formula is C14H12ClN3O. The normalized spacial score (nSPS) is 17.0. The Morgan fingerprint density at radius 1 is 1.21 bits per heavy atom. The van der Waals surface area contributed by atoms with Gasteiger partial charge in [0.2, 0.25) is 0 Å². The van der Waals surface area contributed by atoms with E-state index in [0.717, 1.165) is 12.8 Å². The van der Waals surface area contributed by atoms with E-state index in [0.29, 0.717) is 0 Å². The third-order valence-electron chi connectivity index (χ3n) is 3.30. The number of rotatable bonds is 2. The maximum Gasteiger partial charge on any atom is 0.272 e. The summed E-state index contributed by atoms with van der Waals surface area (Å²) in [4.78, 5) is 12.1. The predicted octanol–water partition coefficient (Wildman–Crippen LogP) is 2.55. The Hall–Kier alpha value is -1.94. The summed E-state index contributed by atoms with van der Waals surface area (Å²) in [6, 6.07) is 11.4. The lowest BCUT2D eigenvalue weighted by Crippen LogP contribution is -2.28. The number of nitrogens with one attached hydrogen (secondary N) is 1. The molecule has 1 aromatic carbocycles. The van der Waals surface area contributed by atoms with Crippen molar-refractivity contribution in [1.82, 2.24) is 15.5 Å². The first-order valence-electron chi connectivity index (χ1n) is 6.12. The minimum atomic E-state index is -0.217. The Labute approximate surface area is 115 Å². The van der Waals surface area contributed by atoms with Gasteiger partial charge in [-0.2, -0.15) is 0 Å². The van der Waals surface area contributed by atoms with Crippen LogP contribution in [0.2, 0.25) is 5.15 Å². The van der Waals surface area contributed by atoms with Gasteiger partial charge in [-0.05, 0) is 36.1 Å². The van der Waals surface area contributed by atoms with E-state index in [1.807, 2.05) is 12.1 Å². The number of aromatic nitrogens is 2. The van der Waals surface area contributed by atoms with Crippen molar-refractivity contribution in [1.29, 1.82) is 0 Å². The van der Waals surface area contributed by atoms with Crippen LogP contribution in [0.4, 0.5) is 0 Å². The number of nitrogens with zero attached hydrogens (tertiary/aromatic N) is 2. The number of carbonyl (C=O) groups is 1. The summed E-state index contributed by atoms with van der Waals surface area (Å²) in [5.41, 5.74) is 2.78. The summed E-state index contributed by atoms with van der Waals surface area (Å²) in [7, 11) is 0. The number of amides is 1. The van der Waals surface area contributed by atoms with E-state index in [1.54, 1.807) is 12.1 Å². The first-order valence-corrected chi connectivity index (χ1v) is 6.50. The highest BCUT2D eigenvalue weighted by atomic mass is 35.5. The number of aryl methyl sites for hydroxylation is 1. The van der Waals surface area contributed by atoms with Gasteiger partial charge in [-0.1, -0.05) is 35.9 Å². The molecule has 0 fully saturated rings. The largest absolute Gasteiger partial charge is 0.344 e. The molecule has 96 valence electrons. The van der Waals surface area contributed by atoms with Crippen LogP contribution in [0.3, 0.4) is 0 Å². The average Bonchev–Trinajstić information content (AvgIpc) is 2.83. The van der Waals surface area contributed by atoms with Crippen molar-refractivity contribution < 1.29 is 4.79 Å². The molecule has 1 unspecified atom stereocenters. The highest BCUT2D eigenvalue weighted by Crippen LogP contribution is 2.30. The molecule has 0 bridgehead atoms. The molecule has 2 aromatic rings. The molecule has 0 saturated carbocycles. The molecule has 0 spiro atoms. The standard InChI is InChI=1S/C14H12ClN3O/c15-13-8-7-12(17-18-13)14(19)16-11-6-5-9-3-1-2-4-10(9)11/h1-4,7-8,11H,5-6H2,(H,16,19). The van der Waals surface area contributed by atoms with Crippen LogP contribution in [-0.2, 0) is 6.42 Å². The van der Waals surface area contributed by atoms with E-state index in [1.165, 1.54) is 11.1 Å². The fourth-order valence-corrected chi connectivity index (χ4v) is 2.48. The monoisotopic (exact) mass is 273 g/mol. The first kappa shape index (κ1) is 12.1. The number of fused-ring (bicyclic) bond motifs is 1. The van der Waals surface area contributed by atoms with Crippen LogP contribution in [0.5, 0.6) is 0 Å². The van der Waals surface area contributed by atoms with Gasteiger partial charge in [0.25, 0.3) is 5.91 Å². The first-order chi connectivity index (χ1) is 9.24. The molecule has 0 radical (unpaired) electrons. The molecule has 1 aromatic heterocycles. The second-order valence-electron chi connectivity index (χ2n) is 4.50. The summed E-state index contributed by atoms with van der Waals surface area (Å²) in [6.07, 6.45) is 1.92. The summed E-state index contributed by atoms with van der Waals surface area (Å²) >= 11 is 5.65. The lowest BCUT2D eigenvalue weighted by atomic mass is 10.1. The molecule has 19 heavy (non-hydrogen) atoms. The van der Waals surface area contributed by atoms with E-state index in [-0.39, 0.29) is 22.8 Å². The zero-order valence-electron chi connectivity index (χ0n) is 10.1. The highest BCUT2D eigenvalue weighted by molar-refractivity contribution is 6.29. The predicted molar refractivity (Wildman–Crippen MR) is 72.0 cm³/mol. The Balaban J connectivity index is 1.76. The number of halogens is 1. The van der Waals surface area contributed by atoms with E-state index in [9.17, 15) is 4.79 Å². The molecular weight excluding hydrogens is 262 g/mol. The molecule has 0 aliphatic heterocycles. The van der Waals surface area contributed by atoms with Crippen molar-refractivity contribution in [3.8, 4) is 0 Å². The molecule has 4 nitrogen and oxygen atoms in total. The lowest BCUT2D eigenvalue weighted by molar-refractivity contribution is 0.0930. The molecule has 5 heteroatoms. The number of hydrogen-bond donors (Lipinski definition) is 1. The van der Waals surface area contributed by atoms with Crippen LogP contribution in [0.25, 0.3) is 0 Å². The molecule has 1 atom stereocenters. The smallest absolute Gasteiger partial charge is 0.272 e. The quantitative estimate of drug-likeness (QED) is 0.915. The summed E-state index contributed by atoms with van der Waals surface area (Å²) in [5.74, 6) is -0.217. The van der Waals surface area contributed by atoms with Crippen LogP contribution in [-0.4, -0.2) is 16.1 Å². The van der Waals surface area contributed by atoms with Crippen molar-refractivity contribution >= 4 is 17.5 Å². The van der Waals surface area contributed by atoms with Gasteiger partial charge in [-0.3, -0.25) is 4.79 Å². The number of benzene rings is 1. The fraction of sp³-hybridized carbons (Fsp3) is 0.214. The van der Waals surface area contributed by atoms with Crippen LogP contribution in [0.1, 0.15) is 34.1 Å². The Kier molecular flexibility index (Phi) is 3.17. The van der Waals surface area contributed by atoms with E-state index >= 15 is 0 Å². The molecule has 1 N–H and O–H groups in total. The highest BCUT2D eigenvalue weighted by Gasteiger charge is 2.24. The maximum absolute atomic E-state index is 12.1. The van der Waals surface area contributed by atoms with Gasteiger partial charge in [0.1, 0.15) is 0 Å². The molecule has 3 rings (SSSR count). The summed E-state index contributed by atoms with van der Waals surface area (Å²) < 4.78 is 0. The average molecular weight is 274 g/mol. The Bertz CT molecular complexity index is 612. The van der Waals surface area contributed by atoms with Gasteiger partial charge in [0.15, 0.2) is 10.8 Å². The van der Waals surface area contributed by atoms with Crippen LogP contribution >= 0.6 is 11.6 Å². The van der Waals surface area contributed by atoms with Crippen molar-refractivity contribution in [2.75, 3.05) is 0 Å². The zero-order valence-corrected chi connectivity index (χ0v) is 10.9. The van der Waals surface area contributed by atoms with Crippen LogP contribution < -0.4 is 5.32 Å². The van der Waals surface area contributed by atoms with E-state index < -0.39 is 0 Å². The number of hydrogen-bond acceptors (Lipinski definition) is 3. The van der Waals surface area contributed by atoms with Gasteiger partial charge in [0, 0.05) is 0 Å². The van der Waals surface area contributed by atoms with Crippen molar-refractivity contribution in [3.05, 3.63) is 58.4 Å². The van der Waals surface area contributed by atoms with E-state index in [4.69, 9.17) is 11.6 Å². The molecule has 1 amide bonds. The lowest BCUT2D eigenvalue weighted by Gasteiger charge is -2.13. The van der Waals surface area contributed by atoms with Gasteiger partial charge >= 0.3 is 0 Å². The maximum atomic E-state index is 12.1. The van der Waals surface area contributed by atoms with Crippen molar-refractivity contribution in [3.63, 3.8) is 0 Å². The second kappa shape index (κ2) is 4.97. The second-order valence-corrected chi connectivity index (χ2v) is 4.89. The molecule has 1 aliphatic rings. The molecule has 0 saturated heterocycles. The molecule has 1 aliphatic carbocycles. The van der Waals surface area contributed by atoms with E-state index in [2.05, 4.69) is 27.6 Å². The topological polar surface area (TPSA) is 54.9 Å². The zero-order chi connectivity index (χ0) is 13.2. The fourth-order valence-electron chi connectivity index (χ4n) is 2.38. The minimum absolute atomic E-state index is 0.0566. The van der Waals surface area contributed by atoms with Gasteiger partial charge < -0.3 is 5.32 Å². The third-order valence-corrected chi connectivity index (χ3v) is 3.50. The third kappa shape index (κ3) is 2.44. The number of carbonyl (C=O) groups excluding carboxylic acids is 1. The SMILES string of the molecule is O=C(NC1CCc2ccccc21)c1ccc(Cl)nn1. The van der Waals surface area contributed by atoms with Crippen LogP contribution in [0, 0.1) is 0 Å². The van der Waals surface area contributed by atoms with Crippen molar-refractivity contribution in [2.45, 2.75) is 18.9 Å². The Morgan fingerprint density at radius 3 is 2.84 bits per heavy atom. The van der Waals surface area contributed by atoms with Crippen molar-refractivity contribution in [2.24, 2.45) is 0 Å². The van der Waals surface area contributed by atoms with Crippen LogP contribution in [0.15, 0.2) is 36.4 Å². The summed E-state index contributed by atoms with van der Waals surface area (Å²) in [5, 5.41) is 10.7. The molecule has 1 heterocycles. The van der Waals surface area contributed by atoms with Gasteiger partial charge in [-0.25, -0.2) is 0 Å². The Morgan fingerprint density at radius 2 is 2.05 bits per heavy atom. The van der Waals surface area contributed by atoms with Gasteiger partial charge in [-0.15, -0.1) is 10.2 Å². The van der Waals surface area contributed by atoms with Gasteiger partial charge in [0.05, 0.1) is 6.04 Å². The minimum Gasteiger partial charge on any atom is -0.344 e.